The van der Waals surface area contributed by atoms with Gasteiger partial charge in [0.15, 0.2) is 5.84 Å². The third-order valence-corrected chi connectivity index (χ3v) is 9.77. The highest BCUT2D eigenvalue weighted by atomic mass is 16.1. The van der Waals surface area contributed by atoms with E-state index in [0.717, 1.165) is 43.5 Å². The molecule has 0 aromatic carbocycles. The van der Waals surface area contributed by atoms with E-state index >= 15 is 0 Å². The summed E-state index contributed by atoms with van der Waals surface area (Å²) in [5, 5.41) is 3.20. The Morgan fingerprint density at radius 1 is 0.622 bits per heavy atom. The van der Waals surface area contributed by atoms with Crippen molar-refractivity contribution in [1.82, 2.24) is 5.32 Å². The normalized spacial score (nSPS) is 16.7. The maximum atomic E-state index is 12.4. The number of aliphatic imine (C=N–C) groups is 1. The lowest BCUT2D eigenvalue weighted by Crippen LogP contribution is -2.51. The summed E-state index contributed by atoms with van der Waals surface area (Å²) in [5.41, 5.74) is 0. The van der Waals surface area contributed by atoms with Crippen molar-refractivity contribution in [3.8, 4) is 0 Å². The molecule has 0 aliphatic carbocycles. The maximum Gasteiger partial charge on any atom is 0.220 e. The summed E-state index contributed by atoms with van der Waals surface area (Å²) in [5.74, 6) is 1.59. The van der Waals surface area contributed by atoms with Gasteiger partial charge >= 0.3 is 0 Å². The summed E-state index contributed by atoms with van der Waals surface area (Å²) in [6.07, 6.45) is 45.7. The van der Waals surface area contributed by atoms with Crippen molar-refractivity contribution in [2.75, 3.05) is 33.2 Å². The van der Waals surface area contributed by atoms with Crippen LogP contribution in [0, 0.1) is 0 Å². The molecule has 4 nitrogen and oxygen atoms in total. The van der Waals surface area contributed by atoms with Crippen LogP contribution in [0.25, 0.3) is 0 Å². The second-order valence-electron chi connectivity index (χ2n) is 14.2. The van der Waals surface area contributed by atoms with Crippen molar-refractivity contribution in [3.05, 3.63) is 24.3 Å². The summed E-state index contributed by atoms with van der Waals surface area (Å²) < 4.78 is 0.928. The van der Waals surface area contributed by atoms with Crippen LogP contribution in [-0.4, -0.2) is 49.5 Å². The van der Waals surface area contributed by atoms with Gasteiger partial charge in [0.25, 0.3) is 0 Å². The molecule has 262 valence electrons. The molecule has 1 heterocycles. The highest BCUT2D eigenvalue weighted by molar-refractivity contribution is 5.77. The standard InChI is InChI=1S/C41H77N3O/c1-4-6-8-10-12-14-16-18-20-22-24-26-28-30-32-34-40-42-36-38-44(40,3)39-37-43-41(45)35-33-31-29-27-25-23-21-19-17-15-13-11-9-7-5-2/h18-21H,4-17,22-39H2,1-3H3/p+1/b20-18+,21-19+. The van der Waals surface area contributed by atoms with Crippen LogP contribution < -0.4 is 5.32 Å². The summed E-state index contributed by atoms with van der Waals surface area (Å²) >= 11 is 0. The van der Waals surface area contributed by atoms with Crippen LogP contribution in [0.5, 0.6) is 0 Å². The molecule has 0 spiro atoms. The largest absolute Gasteiger partial charge is 0.350 e. The van der Waals surface area contributed by atoms with Crippen LogP contribution in [-0.2, 0) is 4.79 Å². The molecule has 0 fully saturated rings. The van der Waals surface area contributed by atoms with Crippen LogP contribution in [0.3, 0.4) is 0 Å². The Morgan fingerprint density at radius 3 is 1.53 bits per heavy atom. The zero-order valence-electron chi connectivity index (χ0n) is 30.7. The number of amidine groups is 1. The van der Waals surface area contributed by atoms with E-state index in [1.807, 2.05) is 0 Å². The van der Waals surface area contributed by atoms with Gasteiger partial charge in [0.05, 0.1) is 20.1 Å². The van der Waals surface area contributed by atoms with Crippen molar-refractivity contribution in [3.63, 3.8) is 0 Å². The van der Waals surface area contributed by atoms with Gasteiger partial charge in [-0.3, -0.25) is 9.28 Å². The first-order chi connectivity index (χ1) is 22.1. The Morgan fingerprint density at radius 2 is 1.04 bits per heavy atom. The lowest BCUT2D eigenvalue weighted by Gasteiger charge is -2.30. The van der Waals surface area contributed by atoms with E-state index in [4.69, 9.17) is 4.99 Å². The average Bonchev–Trinajstić information content (AvgIpc) is 3.40. The first-order valence-corrected chi connectivity index (χ1v) is 20.1. The number of carbonyl (C=O) groups excluding carboxylic acids is 1. The quantitative estimate of drug-likeness (QED) is 0.0438. The Kier molecular flexibility index (Phi) is 28.8. The van der Waals surface area contributed by atoms with Gasteiger partial charge in [0, 0.05) is 12.8 Å². The Hall–Kier alpha value is -1.42. The van der Waals surface area contributed by atoms with Crippen molar-refractivity contribution >= 4 is 11.7 Å². The van der Waals surface area contributed by atoms with E-state index in [0.29, 0.717) is 6.42 Å². The van der Waals surface area contributed by atoms with Gasteiger partial charge in [-0.15, -0.1) is 0 Å². The van der Waals surface area contributed by atoms with Gasteiger partial charge in [0.2, 0.25) is 5.91 Å². The van der Waals surface area contributed by atoms with Crippen molar-refractivity contribution in [1.29, 1.82) is 0 Å². The number of hydrogen-bond acceptors (Lipinski definition) is 2. The van der Waals surface area contributed by atoms with Crippen molar-refractivity contribution in [2.45, 2.75) is 194 Å². The summed E-state index contributed by atoms with van der Waals surface area (Å²) in [6.45, 7) is 8.34. The molecule has 45 heavy (non-hydrogen) atoms. The van der Waals surface area contributed by atoms with E-state index in [1.54, 1.807) is 0 Å². The Bertz CT molecular complexity index is 758. The minimum absolute atomic E-state index is 0.231. The molecule has 0 aromatic rings. The molecule has 1 N–H and O–H groups in total. The van der Waals surface area contributed by atoms with E-state index in [1.165, 1.54) is 166 Å². The Balaban J connectivity index is 1.95. The molecular formula is C41H78N3O+. The van der Waals surface area contributed by atoms with Gasteiger partial charge in [-0.1, -0.05) is 141 Å². The van der Waals surface area contributed by atoms with Gasteiger partial charge < -0.3 is 5.32 Å². The van der Waals surface area contributed by atoms with Crippen LogP contribution in [0.2, 0.25) is 0 Å². The van der Waals surface area contributed by atoms with Crippen molar-refractivity contribution in [2.24, 2.45) is 4.99 Å². The highest BCUT2D eigenvalue weighted by Crippen LogP contribution is 2.18. The number of hydrogen-bond donors (Lipinski definition) is 1. The predicted octanol–water partition coefficient (Wildman–Crippen LogP) is 12.0. The predicted molar refractivity (Wildman–Crippen MR) is 200 cm³/mol. The SMILES string of the molecule is CCCCCCCC/C=C/CCCCCCCC(=O)NCC[N+]1(C)CCN=C1CCCCCCC/C=C/CCCCCCCC. The van der Waals surface area contributed by atoms with E-state index in [-0.39, 0.29) is 5.91 Å². The molecule has 0 saturated carbocycles. The fourth-order valence-electron chi connectivity index (χ4n) is 6.53. The van der Waals surface area contributed by atoms with E-state index in [2.05, 4.69) is 50.5 Å². The first kappa shape index (κ1) is 41.6. The molecule has 1 unspecified atom stereocenters. The molecule has 0 saturated heterocycles. The van der Waals surface area contributed by atoms with Gasteiger partial charge in [-0.05, 0) is 64.2 Å². The zero-order valence-corrected chi connectivity index (χ0v) is 30.7. The number of likely N-dealkylation sites (N-methyl/N-ethyl adjacent to an activating group) is 1. The number of unbranched alkanes of at least 4 members (excludes halogenated alkanes) is 22. The average molecular weight is 629 g/mol. The van der Waals surface area contributed by atoms with E-state index < -0.39 is 0 Å². The summed E-state index contributed by atoms with van der Waals surface area (Å²) in [6, 6.07) is 0. The van der Waals surface area contributed by atoms with Gasteiger partial charge in [-0.2, -0.15) is 0 Å². The first-order valence-electron chi connectivity index (χ1n) is 20.1. The lowest BCUT2D eigenvalue weighted by atomic mass is 10.1. The fourth-order valence-corrected chi connectivity index (χ4v) is 6.53. The van der Waals surface area contributed by atoms with Gasteiger partial charge in [0.1, 0.15) is 13.1 Å². The number of allylic oxidation sites excluding steroid dienone is 4. The number of nitrogens with zero attached hydrogens (tertiary/aromatic N) is 2. The number of quaternary nitrogens is 1. The minimum atomic E-state index is 0.231. The van der Waals surface area contributed by atoms with Gasteiger partial charge in [-0.25, -0.2) is 4.99 Å². The van der Waals surface area contributed by atoms with Crippen LogP contribution in [0.4, 0.5) is 0 Å². The molecule has 0 radical (unpaired) electrons. The molecule has 1 amide bonds. The monoisotopic (exact) mass is 629 g/mol. The third kappa shape index (κ3) is 25.4. The van der Waals surface area contributed by atoms with Crippen LogP contribution >= 0.6 is 0 Å². The number of amides is 1. The second kappa shape index (κ2) is 31.2. The van der Waals surface area contributed by atoms with Crippen LogP contribution in [0.1, 0.15) is 194 Å². The topological polar surface area (TPSA) is 41.5 Å². The summed E-state index contributed by atoms with van der Waals surface area (Å²) in [4.78, 5) is 17.3. The van der Waals surface area contributed by atoms with Crippen molar-refractivity contribution < 1.29 is 9.28 Å². The molecule has 0 bridgehead atoms. The molecule has 0 aromatic heterocycles. The number of rotatable bonds is 33. The fraction of sp³-hybridized carbons (Fsp3) is 0.854. The second-order valence-corrected chi connectivity index (χ2v) is 14.2. The molecule has 1 aliphatic heterocycles. The third-order valence-electron chi connectivity index (χ3n) is 9.77. The molecule has 1 rings (SSSR count). The smallest absolute Gasteiger partial charge is 0.220 e. The molecular weight excluding hydrogens is 550 g/mol. The number of nitrogens with one attached hydrogen (secondary N) is 1. The molecule has 4 heteroatoms. The van der Waals surface area contributed by atoms with Crippen LogP contribution in [0.15, 0.2) is 29.3 Å². The summed E-state index contributed by atoms with van der Waals surface area (Å²) in [7, 11) is 2.32. The maximum absolute atomic E-state index is 12.4. The van der Waals surface area contributed by atoms with E-state index in [9.17, 15) is 4.79 Å². The molecule has 1 atom stereocenters. The minimum Gasteiger partial charge on any atom is -0.350 e. The highest BCUT2D eigenvalue weighted by Gasteiger charge is 2.32. The lowest BCUT2D eigenvalue weighted by molar-refractivity contribution is -0.814. The zero-order chi connectivity index (χ0) is 32.5. The molecule has 1 aliphatic rings. The Labute approximate surface area is 282 Å². The number of carbonyl (C=O) groups is 1.